The smallest absolute Gasteiger partial charge is 0.330 e. The van der Waals surface area contributed by atoms with E-state index in [9.17, 15) is 24.0 Å². The van der Waals surface area contributed by atoms with Gasteiger partial charge in [-0.05, 0) is 19.3 Å². The van der Waals surface area contributed by atoms with E-state index in [2.05, 4.69) is 0 Å². The van der Waals surface area contributed by atoms with Crippen LogP contribution in [0.15, 0.2) is 12.2 Å². The minimum absolute atomic E-state index is 0.0418. The summed E-state index contributed by atoms with van der Waals surface area (Å²) in [5.41, 5.74) is 0. The van der Waals surface area contributed by atoms with Crippen molar-refractivity contribution in [3.8, 4) is 0 Å². The van der Waals surface area contributed by atoms with E-state index in [4.69, 9.17) is 4.84 Å². The van der Waals surface area contributed by atoms with E-state index >= 15 is 0 Å². The lowest BCUT2D eigenvalue weighted by Crippen LogP contribution is -2.52. The lowest BCUT2D eigenvalue weighted by atomic mass is 10.1. The average Bonchev–Trinajstić information content (AvgIpc) is 3.10. The van der Waals surface area contributed by atoms with Gasteiger partial charge in [-0.2, -0.15) is 0 Å². The molecule has 0 aromatic heterocycles. The lowest BCUT2D eigenvalue weighted by molar-refractivity contribution is -0.198. The van der Waals surface area contributed by atoms with Crippen molar-refractivity contribution < 1.29 is 28.8 Å². The summed E-state index contributed by atoms with van der Waals surface area (Å²) in [7, 11) is 0. The molecular weight excluding hydrogens is 342 g/mol. The number of hydroxylamine groups is 2. The molecule has 1 atom stereocenters. The molecule has 0 bridgehead atoms. The summed E-state index contributed by atoms with van der Waals surface area (Å²) >= 11 is 0. The molecule has 0 aliphatic carbocycles. The number of carbonyl (C=O) groups is 5. The molecule has 2 aliphatic heterocycles. The van der Waals surface area contributed by atoms with Crippen LogP contribution in [0.25, 0.3) is 0 Å². The Morgan fingerprint density at radius 3 is 2.19 bits per heavy atom. The van der Waals surface area contributed by atoms with Gasteiger partial charge in [-0.15, -0.1) is 5.06 Å². The molecule has 0 radical (unpaired) electrons. The van der Waals surface area contributed by atoms with Crippen LogP contribution in [0.3, 0.4) is 0 Å². The van der Waals surface area contributed by atoms with Gasteiger partial charge in [0, 0.05) is 44.0 Å². The molecule has 0 aromatic carbocycles. The Balaban J connectivity index is 1.96. The molecule has 9 heteroatoms. The first-order valence-electron chi connectivity index (χ1n) is 8.78. The predicted molar refractivity (Wildman–Crippen MR) is 88.5 cm³/mol. The highest BCUT2D eigenvalue weighted by Gasteiger charge is 2.35. The molecule has 142 valence electrons. The van der Waals surface area contributed by atoms with Crippen molar-refractivity contribution in [2.24, 2.45) is 0 Å². The third kappa shape index (κ3) is 4.34. The van der Waals surface area contributed by atoms with E-state index in [1.54, 1.807) is 5.01 Å². The minimum Gasteiger partial charge on any atom is -0.330 e. The number of rotatable bonds is 9. The Labute approximate surface area is 151 Å². The number of imide groups is 2. The molecule has 0 N–H and O–H groups in total. The first-order valence-corrected chi connectivity index (χ1v) is 8.78. The number of nitrogens with zero attached hydrogens (tertiary/aromatic N) is 3. The molecule has 1 unspecified atom stereocenters. The van der Waals surface area contributed by atoms with E-state index in [1.165, 1.54) is 12.2 Å². The number of amides is 4. The highest BCUT2D eigenvalue weighted by atomic mass is 16.7. The zero-order chi connectivity index (χ0) is 19.3. The molecule has 0 saturated carbocycles. The molecule has 9 nitrogen and oxygen atoms in total. The maximum absolute atomic E-state index is 12.0. The van der Waals surface area contributed by atoms with Crippen molar-refractivity contribution in [3.05, 3.63) is 12.2 Å². The van der Waals surface area contributed by atoms with Crippen molar-refractivity contribution >= 4 is 29.6 Å². The van der Waals surface area contributed by atoms with E-state index in [1.807, 2.05) is 13.8 Å². The molecule has 4 amide bonds. The van der Waals surface area contributed by atoms with Crippen LogP contribution in [0.4, 0.5) is 0 Å². The number of hydrogen-bond acceptors (Lipinski definition) is 7. The van der Waals surface area contributed by atoms with Crippen molar-refractivity contribution in [2.75, 3.05) is 6.54 Å². The maximum Gasteiger partial charge on any atom is 0.333 e. The summed E-state index contributed by atoms with van der Waals surface area (Å²) < 4.78 is 0. The van der Waals surface area contributed by atoms with Crippen molar-refractivity contribution in [2.45, 2.75) is 58.4 Å². The zero-order valence-corrected chi connectivity index (χ0v) is 15.0. The Hall–Kier alpha value is -2.55. The van der Waals surface area contributed by atoms with E-state index in [0.29, 0.717) is 24.4 Å². The van der Waals surface area contributed by atoms with Gasteiger partial charge in [0.25, 0.3) is 23.6 Å². The molecule has 2 rings (SSSR count). The minimum atomic E-state index is -0.694. The quantitative estimate of drug-likeness (QED) is 0.554. The fourth-order valence-electron chi connectivity index (χ4n) is 2.97. The van der Waals surface area contributed by atoms with Crippen LogP contribution in [-0.2, 0) is 28.8 Å². The number of carbonyl (C=O) groups excluding carboxylic acids is 5. The highest BCUT2D eigenvalue weighted by Crippen LogP contribution is 2.20. The van der Waals surface area contributed by atoms with Gasteiger partial charge in [0.15, 0.2) is 0 Å². The van der Waals surface area contributed by atoms with Gasteiger partial charge >= 0.3 is 5.97 Å². The van der Waals surface area contributed by atoms with Crippen LogP contribution in [0.1, 0.15) is 52.4 Å². The van der Waals surface area contributed by atoms with Crippen LogP contribution >= 0.6 is 0 Å². The van der Waals surface area contributed by atoms with Gasteiger partial charge < -0.3 is 4.84 Å². The third-order valence-electron chi connectivity index (χ3n) is 4.27. The van der Waals surface area contributed by atoms with Crippen molar-refractivity contribution in [3.63, 3.8) is 0 Å². The first kappa shape index (κ1) is 19.8. The largest absolute Gasteiger partial charge is 0.333 e. The lowest BCUT2D eigenvalue weighted by Gasteiger charge is -2.36. The Kier molecular flexibility index (Phi) is 6.62. The summed E-state index contributed by atoms with van der Waals surface area (Å²) in [4.78, 5) is 63.8. The van der Waals surface area contributed by atoms with Gasteiger partial charge in [0.1, 0.15) is 0 Å². The summed E-state index contributed by atoms with van der Waals surface area (Å²) in [6.07, 6.45) is 4.12. The van der Waals surface area contributed by atoms with Gasteiger partial charge in [-0.25, -0.2) is 14.8 Å². The van der Waals surface area contributed by atoms with E-state index < -0.39 is 29.6 Å². The molecule has 2 aliphatic rings. The second kappa shape index (κ2) is 8.70. The predicted octanol–water partition coefficient (Wildman–Crippen LogP) is 0.704. The molecule has 2 heterocycles. The van der Waals surface area contributed by atoms with Crippen LogP contribution < -0.4 is 0 Å². The van der Waals surface area contributed by atoms with Crippen LogP contribution in [0, 0.1) is 0 Å². The molecule has 1 saturated heterocycles. The maximum atomic E-state index is 12.0. The average molecular weight is 365 g/mol. The Morgan fingerprint density at radius 1 is 1.12 bits per heavy atom. The van der Waals surface area contributed by atoms with Crippen molar-refractivity contribution in [1.29, 1.82) is 0 Å². The normalized spacial score (nSPS) is 18.4. The standard InChI is InChI=1S/C17H23N3O6/c1-3-11-18(19-13(21)6-7-14(19)22)12(4-2)5-10-17(25)26-20-15(23)8-9-16(20)24/h6-7,12H,3-5,8-11H2,1-2H3. The fourth-order valence-corrected chi connectivity index (χ4v) is 2.97. The second-order valence-corrected chi connectivity index (χ2v) is 6.13. The zero-order valence-electron chi connectivity index (χ0n) is 15.0. The van der Waals surface area contributed by atoms with Crippen molar-refractivity contribution in [1.82, 2.24) is 15.1 Å². The van der Waals surface area contributed by atoms with Gasteiger partial charge in [-0.1, -0.05) is 13.8 Å². The topological polar surface area (TPSA) is 104 Å². The fraction of sp³-hybridized carbons (Fsp3) is 0.588. The Bertz CT molecular complexity index is 610. The number of hydrazine groups is 1. The third-order valence-corrected chi connectivity index (χ3v) is 4.27. The van der Waals surface area contributed by atoms with Gasteiger partial charge in [0.05, 0.1) is 0 Å². The summed E-state index contributed by atoms with van der Waals surface area (Å²) in [5.74, 6) is -2.55. The first-order chi connectivity index (χ1) is 12.4. The summed E-state index contributed by atoms with van der Waals surface area (Å²) in [6.45, 7) is 4.30. The molecule has 0 spiro atoms. The van der Waals surface area contributed by atoms with Gasteiger partial charge in [0.2, 0.25) is 0 Å². The Morgan fingerprint density at radius 2 is 1.69 bits per heavy atom. The van der Waals surface area contributed by atoms with Crippen LogP contribution in [0.2, 0.25) is 0 Å². The molecular formula is C17H23N3O6. The van der Waals surface area contributed by atoms with E-state index in [0.717, 1.165) is 11.4 Å². The molecule has 1 fully saturated rings. The van der Waals surface area contributed by atoms with E-state index in [-0.39, 0.29) is 25.3 Å². The molecule has 0 aromatic rings. The second-order valence-electron chi connectivity index (χ2n) is 6.13. The van der Waals surface area contributed by atoms with Crippen LogP contribution in [-0.4, -0.2) is 57.3 Å². The van der Waals surface area contributed by atoms with Gasteiger partial charge in [-0.3, -0.25) is 19.2 Å². The highest BCUT2D eigenvalue weighted by molar-refractivity contribution is 6.12. The number of hydrogen-bond donors (Lipinski definition) is 0. The monoisotopic (exact) mass is 365 g/mol. The SMILES string of the molecule is CCCN(C(CC)CCC(=O)ON1C(=O)CCC1=O)N1C(=O)C=CC1=O. The molecule has 26 heavy (non-hydrogen) atoms. The van der Waals surface area contributed by atoms with Crippen LogP contribution in [0.5, 0.6) is 0 Å². The summed E-state index contributed by atoms with van der Waals surface area (Å²) in [5, 5.41) is 3.28. The summed E-state index contributed by atoms with van der Waals surface area (Å²) in [6, 6.07) is -0.236.